The zero-order chi connectivity index (χ0) is 37.7. The van der Waals surface area contributed by atoms with Gasteiger partial charge in [-0.25, -0.2) is 8.42 Å². The van der Waals surface area contributed by atoms with Crippen molar-refractivity contribution in [2.75, 3.05) is 18.1 Å². The highest BCUT2D eigenvalue weighted by atomic mass is 32.2. The zero-order valence-electron chi connectivity index (χ0n) is 26.2. The Balaban J connectivity index is 1.53. The number of benzene rings is 5. The molecule has 268 valence electrons. The first-order valence-electron chi connectivity index (χ1n) is 13.8. The Morgan fingerprint density at radius 1 is 0.647 bits per heavy atom. The Morgan fingerprint density at radius 3 is 1.92 bits per heavy atom. The van der Waals surface area contributed by atoms with Gasteiger partial charge in [0.25, 0.3) is 30.4 Å². The summed E-state index contributed by atoms with van der Waals surface area (Å²) in [6.07, 6.45) is 0.913. The number of nitrogens with one attached hydrogen (secondary N) is 1. The molecule has 18 nitrogen and oxygen atoms in total. The van der Waals surface area contributed by atoms with E-state index in [9.17, 15) is 52.4 Å². The van der Waals surface area contributed by atoms with E-state index in [1.165, 1.54) is 55.6 Å². The molecule has 51 heavy (non-hydrogen) atoms. The topological polar surface area (TPSA) is 288 Å². The van der Waals surface area contributed by atoms with Gasteiger partial charge in [0.05, 0.1) is 29.6 Å². The quantitative estimate of drug-likeness (QED) is 0.0809. The number of azo groups is 2. The Hall–Kier alpha value is -5.10. The number of hydrogen-bond donors (Lipinski definition) is 5. The Kier molecular flexibility index (Phi) is 9.63. The lowest BCUT2D eigenvalue weighted by Gasteiger charge is -2.11. The van der Waals surface area contributed by atoms with Crippen molar-refractivity contribution in [3.05, 3.63) is 72.3 Å². The maximum atomic E-state index is 12.3. The van der Waals surface area contributed by atoms with Crippen molar-refractivity contribution in [3.8, 4) is 11.5 Å². The predicted octanol–water partition coefficient (Wildman–Crippen LogP) is 5.96. The molecule has 0 bridgehead atoms. The zero-order valence-corrected chi connectivity index (χ0v) is 29.5. The molecule has 5 aromatic rings. The first-order valence-corrected chi connectivity index (χ1v) is 20.1. The van der Waals surface area contributed by atoms with Gasteiger partial charge >= 0.3 is 0 Å². The van der Waals surface area contributed by atoms with Crippen molar-refractivity contribution in [2.24, 2.45) is 20.5 Å². The molecule has 5 N–H and O–H groups in total. The highest BCUT2D eigenvalue weighted by Crippen LogP contribution is 2.43. The van der Waals surface area contributed by atoms with Crippen LogP contribution in [0, 0.1) is 6.92 Å². The molecule has 0 aliphatic carbocycles. The van der Waals surface area contributed by atoms with Gasteiger partial charge in [-0.2, -0.15) is 35.5 Å². The van der Waals surface area contributed by atoms with E-state index in [-0.39, 0.29) is 50.0 Å². The van der Waals surface area contributed by atoms with Gasteiger partial charge in [0.2, 0.25) is 10.0 Å². The normalized spacial score (nSPS) is 13.1. The van der Waals surface area contributed by atoms with Crippen molar-refractivity contribution in [1.29, 1.82) is 0 Å². The summed E-state index contributed by atoms with van der Waals surface area (Å²) in [5.41, 5.74) is 0.193. The number of methoxy groups -OCH3 is 1. The number of phenols is 1. The summed E-state index contributed by atoms with van der Waals surface area (Å²) in [6.45, 7) is 1.60. The van der Waals surface area contributed by atoms with Crippen molar-refractivity contribution in [1.82, 2.24) is 0 Å². The summed E-state index contributed by atoms with van der Waals surface area (Å²) >= 11 is 0. The van der Waals surface area contributed by atoms with Gasteiger partial charge in [0.1, 0.15) is 26.9 Å². The Morgan fingerprint density at radius 2 is 1.31 bits per heavy atom. The Labute approximate surface area is 290 Å². The van der Waals surface area contributed by atoms with Gasteiger partial charge < -0.3 is 9.84 Å². The third-order valence-electron chi connectivity index (χ3n) is 7.11. The predicted molar refractivity (Wildman–Crippen MR) is 184 cm³/mol. The van der Waals surface area contributed by atoms with Crippen molar-refractivity contribution in [2.45, 2.75) is 21.6 Å². The summed E-state index contributed by atoms with van der Waals surface area (Å²) < 4.78 is 132. The van der Waals surface area contributed by atoms with Crippen molar-refractivity contribution < 1.29 is 57.2 Å². The lowest BCUT2D eigenvalue weighted by atomic mass is 10.1. The van der Waals surface area contributed by atoms with Gasteiger partial charge in [-0.1, -0.05) is 6.07 Å². The van der Waals surface area contributed by atoms with Crippen LogP contribution in [-0.4, -0.2) is 65.8 Å². The van der Waals surface area contributed by atoms with Crippen LogP contribution in [-0.2, 0) is 40.4 Å². The minimum absolute atomic E-state index is 0.0283. The maximum Gasteiger partial charge on any atom is 0.296 e. The van der Waals surface area contributed by atoms with Gasteiger partial charge in [-0.05, 0) is 77.9 Å². The second-order valence-electron chi connectivity index (χ2n) is 10.8. The summed E-state index contributed by atoms with van der Waals surface area (Å²) in [7, 11) is -17.1. The van der Waals surface area contributed by atoms with E-state index < -0.39 is 66.5 Å². The van der Waals surface area contributed by atoms with Gasteiger partial charge in [0.15, 0.2) is 5.75 Å². The molecule has 22 heteroatoms. The summed E-state index contributed by atoms with van der Waals surface area (Å²) in [4.78, 5) is -2.36. The molecule has 0 atom stereocenters. The number of phenolic OH excluding ortho intramolecular Hbond substituents is 1. The van der Waals surface area contributed by atoms with Crippen LogP contribution in [0.3, 0.4) is 0 Å². The van der Waals surface area contributed by atoms with E-state index in [2.05, 4.69) is 25.2 Å². The first-order chi connectivity index (χ1) is 23.5. The standard InChI is InChI=1S/C29H25N5O13S4/c1-15-8-24(32-33-28-27(51(44,45)46)11-17-9-19(34-48(3,36)37)6-7-21(17)29(28)35)25(47-2)14-23(15)31-30-18-5-4-16-10-20(49(38,39)40)13-26(22(16)12-18)50(41,42)43/h4-14,34-35H,1-3H3,(H,38,39,40)(H,41,42,43)(H,44,45,46). The number of rotatable bonds is 10. The molecule has 0 aliphatic rings. The largest absolute Gasteiger partial charge is 0.505 e. The average molecular weight is 780 g/mol. The maximum absolute atomic E-state index is 12.3. The van der Waals surface area contributed by atoms with Crippen LogP contribution in [0.1, 0.15) is 5.56 Å². The number of anilines is 1. The van der Waals surface area contributed by atoms with E-state index in [1.54, 1.807) is 6.92 Å². The minimum atomic E-state index is -4.99. The van der Waals surface area contributed by atoms with Gasteiger partial charge in [-0.15, -0.1) is 10.2 Å². The molecule has 0 fully saturated rings. The highest BCUT2D eigenvalue weighted by molar-refractivity contribution is 7.92. The fraction of sp³-hybridized carbons (Fsp3) is 0.103. The molecule has 0 radical (unpaired) electrons. The summed E-state index contributed by atoms with van der Waals surface area (Å²) in [5, 5.41) is 27.2. The smallest absolute Gasteiger partial charge is 0.296 e. The molecule has 0 heterocycles. The van der Waals surface area contributed by atoms with Crippen LogP contribution in [0.2, 0.25) is 0 Å². The van der Waals surface area contributed by atoms with E-state index in [0.717, 1.165) is 18.4 Å². The molecular formula is C29H25N5O13S4. The number of nitrogens with zero attached hydrogens (tertiary/aromatic N) is 4. The first kappa shape index (κ1) is 37.2. The lowest BCUT2D eigenvalue weighted by molar-refractivity contribution is 0.416. The van der Waals surface area contributed by atoms with Gasteiger partial charge in [-0.3, -0.25) is 18.4 Å². The van der Waals surface area contributed by atoms with Crippen LogP contribution in [0.25, 0.3) is 21.5 Å². The average Bonchev–Trinajstić information content (AvgIpc) is 3.00. The van der Waals surface area contributed by atoms with Gasteiger partial charge in [0, 0.05) is 22.5 Å². The molecule has 0 spiro atoms. The third-order valence-corrected chi connectivity index (χ3v) is 10.3. The minimum Gasteiger partial charge on any atom is -0.505 e. The number of fused-ring (bicyclic) bond motifs is 2. The summed E-state index contributed by atoms with van der Waals surface area (Å²) in [6, 6.07) is 13.2. The van der Waals surface area contributed by atoms with E-state index in [0.29, 0.717) is 11.6 Å². The van der Waals surface area contributed by atoms with Crippen LogP contribution < -0.4 is 9.46 Å². The second-order valence-corrected chi connectivity index (χ2v) is 16.8. The second kappa shape index (κ2) is 13.2. The number of sulfonamides is 1. The SMILES string of the molecule is COc1cc(N=Nc2ccc3cc(S(=O)(=O)O)cc(S(=O)(=O)O)c3c2)c(C)cc1N=Nc1c(S(=O)(=O)O)cc2cc(NS(C)(=O)=O)ccc2c1O. The van der Waals surface area contributed by atoms with Crippen molar-refractivity contribution in [3.63, 3.8) is 0 Å². The highest BCUT2D eigenvalue weighted by Gasteiger charge is 2.23. The number of aryl methyl sites for hydroxylation is 1. The molecule has 5 rings (SSSR count). The molecule has 0 aliphatic heterocycles. The molecule has 0 unspecified atom stereocenters. The fourth-order valence-corrected chi connectivity index (χ4v) is 7.42. The monoisotopic (exact) mass is 779 g/mol. The molecule has 0 saturated carbocycles. The van der Waals surface area contributed by atoms with Crippen LogP contribution in [0.15, 0.2) is 102 Å². The molecule has 0 aromatic heterocycles. The number of aromatic hydroxyl groups is 1. The lowest BCUT2D eigenvalue weighted by Crippen LogP contribution is -2.09. The van der Waals surface area contributed by atoms with Crippen molar-refractivity contribution >= 4 is 90.4 Å². The summed E-state index contributed by atoms with van der Waals surface area (Å²) in [5.74, 6) is -0.633. The van der Waals surface area contributed by atoms with E-state index in [4.69, 9.17) is 4.74 Å². The van der Waals surface area contributed by atoms with Crippen LogP contribution in [0.5, 0.6) is 11.5 Å². The van der Waals surface area contributed by atoms with E-state index >= 15 is 0 Å². The Bertz CT molecular complexity index is 2790. The molecule has 0 saturated heterocycles. The van der Waals surface area contributed by atoms with Crippen LogP contribution in [0.4, 0.5) is 28.4 Å². The molecule has 0 amide bonds. The number of ether oxygens (including phenoxy) is 1. The third kappa shape index (κ3) is 8.28. The van der Waals surface area contributed by atoms with Crippen LogP contribution >= 0.6 is 0 Å². The van der Waals surface area contributed by atoms with E-state index in [1.807, 2.05) is 0 Å². The molecular weight excluding hydrogens is 755 g/mol. The fourth-order valence-electron chi connectivity index (χ4n) is 4.86. The number of hydrogen-bond acceptors (Lipinski definition) is 14. The molecule has 5 aromatic carbocycles.